The second-order valence-electron chi connectivity index (χ2n) is 12.9. The fourth-order valence-electron chi connectivity index (χ4n) is 6.94. The number of hydrogen-bond donors (Lipinski definition) is 5. The van der Waals surface area contributed by atoms with Crippen molar-refractivity contribution in [2.75, 3.05) is 32.7 Å². The molecule has 1 saturated carbocycles. The van der Waals surface area contributed by atoms with Gasteiger partial charge in [-0.3, -0.25) is 14.2 Å². The van der Waals surface area contributed by atoms with Gasteiger partial charge in [-0.15, -0.1) is 0 Å². The lowest BCUT2D eigenvalue weighted by atomic mass is 10.1. The quantitative estimate of drug-likeness (QED) is 0.0765. The first-order chi connectivity index (χ1) is 25.4. The molecule has 4 aromatic rings. The molecule has 2 fully saturated rings. The Labute approximate surface area is 305 Å². The molecule has 53 heavy (non-hydrogen) atoms. The molecule has 1 saturated heterocycles. The molecule has 1 aliphatic heterocycles. The molecule has 1 aliphatic carbocycles. The maximum Gasteiger partial charge on any atom is 0.342 e. The summed E-state index contributed by atoms with van der Waals surface area (Å²) in [7, 11) is -3.02. The van der Waals surface area contributed by atoms with Crippen LogP contribution in [0.25, 0.3) is 11.2 Å². The summed E-state index contributed by atoms with van der Waals surface area (Å²) in [5.74, 6) is -1.34. The van der Waals surface area contributed by atoms with Crippen molar-refractivity contribution in [1.82, 2.24) is 29.7 Å². The summed E-state index contributed by atoms with van der Waals surface area (Å²) >= 11 is 0. The van der Waals surface area contributed by atoms with Crippen LogP contribution in [0.4, 0.5) is 5.95 Å². The summed E-state index contributed by atoms with van der Waals surface area (Å²) in [6.45, 7) is 4.49. The van der Waals surface area contributed by atoms with Gasteiger partial charge in [0.05, 0.1) is 33.3 Å². The third-order valence-electron chi connectivity index (χ3n) is 9.51. The topological polar surface area (TPSA) is 232 Å². The van der Waals surface area contributed by atoms with Crippen LogP contribution in [-0.2, 0) is 45.7 Å². The number of carbonyl (C=O) groups is 2. The molecule has 0 radical (unpaired) electrons. The molecule has 0 spiro atoms. The SMILES string of the molecule is CCOC(=O)[C@H](Cc1ccccc1)NP(=O)(N[C@H](Cc1ccccc1)C(=O)OCC)OC[C@H]1OC2(C)[C@@H](n3cnc4c(OC)nc(N)nc43)C2(O)C1O. The van der Waals surface area contributed by atoms with E-state index in [9.17, 15) is 24.4 Å². The van der Waals surface area contributed by atoms with Gasteiger partial charge in [-0.1, -0.05) is 60.7 Å². The van der Waals surface area contributed by atoms with Crippen molar-refractivity contribution in [1.29, 1.82) is 0 Å². The van der Waals surface area contributed by atoms with Gasteiger partial charge in [-0.25, -0.2) is 15.2 Å². The van der Waals surface area contributed by atoms with Crippen LogP contribution in [0.2, 0.25) is 0 Å². The van der Waals surface area contributed by atoms with Crippen molar-refractivity contribution in [2.24, 2.45) is 0 Å². The van der Waals surface area contributed by atoms with E-state index in [0.29, 0.717) is 5.52 Å². The highest BCUT2D eigenvalue weighted by atomic mass is 31.2. The van der Waals surface area contributed by atoms with Crippen LogP contribution < -0.4 is 20.6 Å². The fourth-order valence-corrected chi connectivity index (χ4v) is 8.74. The normalized spacial score (nSPS) is 25.6. The number of carbonyl (C=O) groups excluding carboxylic acids is 2. The Morgan fingerprint density at radius 2 is 1.53 bits per heavy atom. The number of aliphatic hydroxyl groups is 2. The number of fused-ring (bicyclic) bond motifs is 2. The minimum absolute atomic E-state index is 0.0574. The molecule has 6 rings (SSSR count). The molecule has 2 aromatic carbocycles. The average Bonchev–Trinajstić information content (AvgIpc) is 3.33. The molecule has 0 amide bonds. The standard InChI is InChI=1S/C35H44N7O10P/c1-5-49-30(44)23(17-21-13-9-7-10-14-21)40-53(47,41-24(31(45)50-6-2)18-22-15-11-8-12-16-22)51-19-25-27(43)35(46)32(34(35,3)52-25)42-20-37-26-28(42)38-33(36)39-29(26)48-4/h7-16,20,23-25,27,32,43,46H,5-6,17-19H2,1-4H3,(H2,36,38,39)(H2,40,41,47)/t23-,24+,25-,27?,32-,34?,35?,53?/m1/s1. The number of methoxy groups -OCH3 is 1. The molecule has 17 nitrogen and oxygen atoms in total. The summed E-state index contributed by atoms with van der Waals surface area (Å²) in [4.78, 5) is 39.2. The summed E-state index contributed by atoms with van der Waals surface area (Å²) in [6.07, 6.45) is -1.21. The zero-order valence-electron chi connectivity index (χ0n) is 29.7. The molecule has 4 unspecified atom stereocenters. The van der Waals surface area contributed by atoms with Crippen molar-refractivity contribution in [3.63, 3.8) is 0 Å². The van der Waals surface area contributed by atoms with E-state index in [1.165, 1.54) is 18.0 Å². The smallest absolute Gasteiger partial charge is 0.342 e. The number of nitrogens with two attached hydrogens (primary N) is 1. The minimum atomic E-state index is -4.43. The van der Waals surface area contributed by atoms with Crippen LogP contribution >= 0.6 is 7.67 Å². The van der Waals surface area contributed by atoms with Gasteiger partial charge in [0.15, 0.2) is 11.2 Å². The number of nitrogen functional groups attached to an aromatic ring is 1. The van der Waals surface area contributed by atoms with Crippen LogP contribution in [0.1, 0.15) is 37.9 Å². The van der Waals surface area contributed by atoms with E-state index in [1.807, 2.05) is 12.1 Å². The number of hydrogen-bond acceptors (Lipinski definition) is 14. The number of benzene rings is 2. The van der Waals surface area contributed by atoms with Gasteiger partial charge < -0.3 is 44.0 Å². The highest BCUT2D eigenvalue weighted by Gasteiger charge is 2.85. The maximum atomic E-state index is 14.9. The van der Waals surface area contributed by atoms with Crippen LogP contribution in [0.15, 0.2) is 67.0 Å². The second kappa shape index (κ2) is 15.5. The predicted octanol–water partition coefficient (Wildman–Crippen LogP) is 1.87. The molecule has 18 heteroatoms. The van der Waals surface area contributed by atoms with E-state index >= 15 is 0 Å². The summed E-state index contributed by atoms with van der Waals surface area (Å²) in [5, 5.41) is 29.0. The van der Waals surface area contributed by atoms with Crippen molar-refractivity contribution >= 4 is 36.7 Å². The average molecular weight is 754 g/mol. The van der Waals surface area contributed by atoms with Gasteiger partial charge in [0, 0.05) is 0 Å². The third kappa shape index (κ3) is 7.51. The predicted molar refractivity (Wildman–Crippen MR) is 191 cm³/mol. The van der Waals surface area contributed by atoms with Crippen LogP contribution in [0.5, 0.6) is 5.88 Å². The van der Waals surface area contributed by atoms with Crippen molar-refractivity contribution in [2.45, 2.75) is 75.1 Å². The lowest BCUT2D eigenvalue weighted by Gasteiger charge is -2.30. The molecular formula is C35H44N7O10P. The Morgan fingerprint density at radius 1 is 0.981 bits per heavy atom. The van der Waals surface area contributed by atoms with Crippen LogP contribution in [0.3, 0.4) is 0 Å². The van der Waals surface area contributed by atoms with Gasteiger partial charge in [0.25, 0.3) is 0 Å². The number of aliphatic hydroxyl groups excluding tert-OH is 1. The largest absolute Gasteiger partial charge is 0.479 e. The number of imidazole rings is 1. The molecular weight excluding hydrogens is 709 g/mol. The summed E-state index contributed by atoms with van der Waals surface area (Å²) in [5.41, 5.74) is 4.70. The first-order valence-electron chi connectivity index (χ1n) is 17.2. The van der Waals surface area contributed by atoms with E-state index in [4.69, 9.17) is 29.2 Å². The fraction of sp³-hybridized carbons (Fsp3) is 0.457. The second-order valence-corrected chi connectivity index (χ2v) is 14.8. The first kappa shape index (κ1) is 38.3. The molecule has 2 aromatic heterocycles. The highest BCUT2D eigenvalue weighted by molar-refractivity contribution is 7.54. The minimum Gasteiger partial charge on any atom is -0.479 e. The summed E-state index contributed by atoms with van der Waals surface area (Å²) < 4.78 is 44.7. The Kier molecular flexibility index (Phi) is 11.2. The number of esters is 2. The molecule has 6 N–H and O–H groups in total. The van der Waals surface area contributed by atoms with E-state index in [0.717, 1.165) is 11.1 Å². The Balaban J connectivity index is 1.27. The van der Waals surface area contributed by atoms with Gasteiger partial charge in [0.1, 0.15) is 41.5 Å². The third-order valence-corrected chi connectivity index (χ3v) is 11.3. The lowest BCUT2D eigenvalue weighted by Crippen LogP contribution is -2.47. The van der Waals surface area contributed by atoms with Crippen LogP contribution in [0, 0.1) is 0 Å². The van der Waals surface area contributed by atoms with Gasteiger partial charge in [-0.2, -0.15) is 9.97 Å². The highest BCUT2D eigenvalue weighted by Crippen LogP contribution is 2.68. The molecule has 284 valence electrons. The summed E-state index contributed by atoms with van der Waals surface area (Å²) in [6, 6.07) is 14.8. The van der Waals surface area contributed by atoms with Crippen molar-refractivity contribution in [3.05, 3.63) is 78.1 Å². The van der Waals surface area contributed by atoms with E-state index < -0.39 is 67.8 Å². The Hall–Kier alpha value is -4.48. The van der Waals surface area contributed by atoms with Crippen LogP contribution in [-0.4, -0.2) is 104 Å². The van der Waals surface area contributed by atoms with Gasteiger partial charge >= 0.3 is 19.6 Å². The number of aromatic nitrogens is 4. The number of nitrogens with one attached hydrogen (secondary N) is 2. The zero-order valence-corrected chi connectivity index (χ0v) is 30.6. The van der Waals surface area contributed by atoms with E-state index in [-0.39, 0.29) is 43.5 Å². The monoisotopic (exact) mass is 753 g/mol. The molecule has 8 atom stereocenters. The van der Waals surface area contributed by atoms with Crippen molar-refractivity contribution in [3.8, 4) is 5.88 Å². The van der Waals surface area contributed by atoms with Crippen molar-refractivity contribution < 1.29 is 47.8 Å². The first-order valence-corrected chi connectivity index (χ1v) is 18.8. The zero-order chi connectivity index (χ0) is 38.0. The lowest BCUT2D eigenvalue weighted by molar-refractivity contribution is -0.145. The number of rotatable bonds is 17. The van der Waals surface area contributed by atoms with E-state index in [1.54, 1.807) is 69.3 Å². The number of anilines is 1. The van der Waals surface area contributed by atoms with E-state index in [2.05, 4.69) is 25.1 Å². The van der Waals surface area contributed by atoms with Gasteiger partial charge in [0.2, 0.25) is 11.8 Å². The number of ether oxygens (including phenoxy) is 4. The molecule has 0 bridgehead atoms. The Bertz CT molecular complexity index is 1900. The van der Waals surface area contributed by atoms with Gasteiger partial charge in [-0.05, 0) is 44.7 Å². The molecule has 2 aliphatic rings. The molecule has 3 heterocycles. The maximum absolute atomic E-state index is 14.9. The number of nitrogens with zero attached hydrogens (tertiary/aromatic N) is 4. The Morgan fingerprint density at radius 3 is 2.00 bits per heavy atom.